The molecular formula is C15H23ClN2. The van der Waals surface area contributed by atoms with E-state index in [9.17, 15) is 0 Å². The van der Waals surface area contributed by atoms with Crippen LogP contribution in [0.2, 0.25) is 5.02 Å². The highest BCUT2D eigenvalue weighted by atomic mass is 35.5. The molecule has 0 saturated carbocycles. The van der Waals surface area contributed by atoms with Gasteiger partial charge in [0.2, 0.25) is 0 Å². The lowest BCUT2D eigenvalue weighted by molar-refractivity contribution is 0.364. The number of anilines is 1. The van der Waals surface area contributed by atoms with E-state index in [1.165, 1.54) is 43.5 Å². The van der Waals surface area contributed by atoms with E-state index in [0.29, 0.717) is 0 Å². The molecule has 2 N–H and O–H groups in total. The van der Waals surface area contributed by atoms with E-state index in [2.05, 4.69) is 30.5 Å². The predicted octanol–water partition coefficient (Wildman–Crippen LogP) is 3.76. The van der Waals surface area contributed by atoms with Crippen LogP contribution in [-0.2, 0) is 0 Å². The van der Waals surface area contributed by atoms with Crippen molar-refractivity contribution < 1.29 is 0 Å². The number of hydrogen-bond acceptors (Lipinski definition) is 2. The second-order valence-corrected chi connectivity index (χ2v) is 5.77. The Morgan fingerprint density at radius 1 is 1.39 bits per heavy atom. The first-order valence-corrected chi connectivity index (χ1v) is 7.26. The highest BCUT2D eigenvalue weighted by Gasteiger charge is 2.12. The summed E-state index contributed by atoms with van der Waals surface area (Å²) in [6, 6.07) is 4.20. The third kappa shape index (κ3) is 3.63. The maximum Gasteiger partial charge on any atom is 0.0642 e. The number of hydrogen-bond donors (Lipinski definition) is 2. The fourth-order valence-corrected chi connectivity index (χ4v) is 3.10. The van der Waals surface area contributed by atoms with Gasteiger partial charge < -0.3 is 10.6 Å². The van der Waals surface area contributed by atoms with E-state index >= 15 is 0 Å². The second kappa shape index (κ2) is 6.44. The fourth-order valence-electron chi connectivity index (χ4n) is 2.71. The number of piperidine rings is 1. The molecule has 1 fully saturated rings. The highest BCUT2D eigenvalue weighted by Crippen LogP contribution is 2.27. The monoisotopic (exact) mass is 266 g/mol. The summed E-state index contributed by atoms with van der Waals surface area (Å²) >= 11 is 6.28. The molecule has 18 heavy (non-hydrogen) atoms. The van der Waals surface area contributed by atoms with Gasteiger partial charge in [-0.3, -0.25) is 0 Å². The Bertz CT molecular complexity index is 374. The summed E-state index contributed by atoms with van der Waals surface area (Å²) in [5.41, 5.74) is 3.56. The van der Waals surface area contributed by atoms with Crippen molar-refractivity contribution in [3.05, 3.63) is 28.3 Å². The van der Waals surface area contributed by atoms with Gasteiger partial charge in [-0.15, -0.1) is 0 Å². The van der Waals surface area contributed by atoms with Gasteiger partial charge in [0.15, 0.2) is 0 Å². The van der Waals surface area contributed by atoms with E-state index in [-0.39, 0.29) is 0 Å². The zero-order valence-corrected chi connectivity index (χ0v) is 12.1. The van der Waals surface area contributed by atoms with Gasteiger partial charge in [0.25, 0.3) is 0 Å². The van der Waals surface area contributed by atoms with Crippen LogP contribution in [0.1, 0.15) is 30.4 Å². The van der Waals surface area contributed by atoms with Crippen LogP contribution < -0.4 is 10.6 Å². The van der Waals surface area contributed by atoms with E-state index in [4.69, 9.17) is 11.6 Å². The Labute approximate surface area is 115 Å². The summed E-state index contributed by atoms with van der Waals surface area (Å²) in [5, 5.41) is 7.80. The number of aryl methyl sites for hydroxylation is 2. The van der Waals surface area contributed by atoms with Crippen molar-refractivity contribution in [3.8, 4) is 0 Å². The molecule has 100 valence electrons. The highest BCUT2D eigenvalue weighted by molar-refractivity contribution is 6.33. The molecular weight excluding hydrogens is 244 g/mol. The van der Waals surface area contributed by atoms with Crippen molar-refractivity contribution in [1.29, 1.82) is 0 Å². The van der Waals surface area contributed by atoms with Gasteiger partial charge in [-0.2, -0.15) is 0 Å². The van der Waals surface area contributed by atoms with Crippen molar-refractivity contribution in [2.45, 2.75) is 33.1 Å². The van der Waals surface area contributed by atoms with E-state index in [1.807, 2.05) is 6.07 Å². The van der Waals surface area contributed by atoms with Crippen LogP contribution in [0.4, 0.5) is 5.69 Å². The van der Waals surface area contributed by atoms with Gasteiger partial charge in [0.1, 0.15) is 0 Å². The van der Waals surface area contributed by atoms with Gasteiger partial charge >= 0.3 is 0 Å². The van der Waals surface area contributed by atoms with Crippen molar-refractivity contribution in [2.75, 3.05) is 25.0 Å². The molecule has 0 aliphatic carbocycles. The summed E-state index contributed by atoms with van der Waals surface area (Å²) in [7, 11) is 0. The summed E-state index contributed by atoms with van der Waals surface area (Å²) < 4.78 is 0. The normalized spacial score (nSPS) is 19.8. The molecule has 1 aliphatic heterocycles. The van der Waals surface area contributed by atoms with E-state index < -0.39 is 0 Å². The Kier molecular flexibility index (Phi) is 4.90. The minimum atomic E-state index is 0.816. The van der Waals surface area contributed by atoms with Crippen molar-refractivity contribution in [3.63, 3.8) is 0 Å². The van der Waals surface area contributed by atoms with Crippen LogP contribution in [-0.4, -0.2) is 19.6 Å². The molecule has 3 heteroatoms. The molecule has 1 aromatic carbocycles. The largest absolute Gasteiger partial charge is 0.384 e. The SMILES string of the molecule is Cc1cc(C)c(NCCC2CCCNC2)c(Cl)c1. The first-order chi connectivity index (χ1) is 8.66. The minimum Gasteiger partial charge on any atom is -0.384 e. The molecule has 0 amide bonds. The Balaban J connectivity index is 1.86. The minimum absolute atomic E-state index is 0.816. The maximum absolute atomic E-state index is 6.28. The zero-order chi connectivity index (χ0) is 13.0. The number of benzene rings is 1. The van der Waals surface area contributed by atoms with Crippen molar-refractivity contribution in [1.82, 2.24) is 5.32 Å². The van der Waals surface area contributed by atoms with Gasteiger partial charge in [-0.1, -0.05) is 17.7 Å². The number of rotatable bonds is 4. The average Bonchev–Trinajstić information content (AvgIpc) is 2.34. The Morgan fingerprint density at radius 2 is 2.22 bits per heavy atom. The summed E-state index contributed by atoms with van der Waals surface area (Å²) in [5.74, 6) is 0.816. The summed E-state index contributed by atoms with van der Waals surface area (Å²) in [4.78, 5) is 0. The first-order valence-electron chi connectivity index (χ1n) is 6.88. The van der Waals surface area contributed by atoms with Gasteiger partial charge in [0.05, 0.1) is 10.7 Å². The van der Waals surface area contributed by atoms with E-state index in [1.54, 1.807) is 0 Å². The molecule has 0 aromatic heterocycles. The Morgan fingerprint density at radius 3 is 2.89 bits per heavy atom. The van der Waals surface area contributed by atoms with Crippen LogP contribution in [0.5, 0.6) is 0 Å². The van der Waals surface area contributed by atoms with Gasteiger partial charge in [-0.05, 0) is 69.3 Å². The second-order valence-electron chi connectivity index (χ2n) is 5.37. The lowest BCUT2D eigenvalue weighted by Gasteiger charge is -2.23. The zero-order valence-electron chi connectivity index (χ0n) is 11.4. The number of nitrogens with one attached hydrogen (secondary N) is 2. The lowest BCUT2D eigenvalue weighted by Crippen LogP contribution is -2.30. The van der Waals surface area contributed by atoms with Crippen molar-refractivity contribution in [2.24, 2.45) is 5.92 Å². The molecule has 2 nitrogen and oxygen atoms in total. The molecule has 1 aliphatic rings. The molecule has 1 saturated heterocycles. The summed E-state index contributed by atoms with van der Waals surface area (Å²) in [6.45, 7) is 7.56. The first kappa shape index (κ1) is 13.7. The average molecular weight is 267 g/mol. The molecule has 2 rings (SSSR count). The smallest absolute Gasteiger partial charge is 0.0642 e. The van der Waals surface area contributed by atoms with E-state index in [0.717, 1.165) is 23.2 Å². The lowest BCUT2D eigenvalue weighted by atomic mass is 9.96. The molecule has 0 radical (unpaired) electrons. The molecule has 0 bridgehead atoms. The van der Waals surface area contributed by atoms with Crippen LogP contribution in [0.25, 0.3) is 0 Å². The summed E-state index contributed by atoms with van der Waals surface area (Å²) in [6.07, 6.45) is 3.89. The quantitative estimate of drug-likeness (QED) is 0.867. The molecule has 1 atom stereocenters. The van der Waals surface area contributed by atoms with Crippen molar-refractivity contribution >= 4 is 17.3 Å². The van der Waals surface area contributed by atoms with Crippen LogP contribution >= 0.6 is 11.6 Å². The van der Waals surface area contributed by atoms with Gasteiger partial charge in [-0.25, -0.2) is 0 Å². The standard InChI is InChI=1S/C15H23ClN2/c1-11-8-12(2)15(14(16)9-11)18-7-5-13-4-3-6-17-10-13/h8-9,13,17-18H,3-7,10H2,1-2H3. The fraction of sp³-hybridized carbons (Fsp3) is 0.600. The maximum atomic E-state index is 6.28. The predicted molar refractivity (Wildman–Crippen MR) is 79.6 cm³/mol. The number of halogens is 1. The van der Waals surface area contributed by atoms with Crippen LogP contribution in [0, 0.1) is 19.8 Å². The molecule has 1 aromatic rings. The topological polar surface area (TPSA) is 24.1 Å². The van der Waals surface area contributed by atoms with Gasteiger partial charge in [0, 0.05) is 6.54 Å². The third-order valence-corrected chi connectivity index (χ3v) is 3.98. The van der Waals surface area contributed by atoms with Crippen LogP contribution in [0.15, 0.2) is 12.1 Å². The Hall–Kier alpha value is -0.730. The molecule has 1 unspecified atom stereocenters. The van der Waals surface area contributed by atoms with Crippen LogP contribution in [0.3, 0.4) is 0 Å². The molecule has 0 spiro atoms. The third-order valence-electron chi connectivity index (χ3n) is 3.69. The molecule has 1 heterocycles.